The summed E-state index contributed by atoms with van der Waals surface area (Å²) >= 11 is 0. The summed E-state index contributed by atoms with van der Waals surface area (Å²) in [6.07, 6.45) is 3.36. The highest BCUT2D eigenvalue weighted by Gasteiger charge is 2.32. The number of amides is 1. The lowest BCUT2D eigenvalue weighted by molar-refractivity contribution is -0.132. The van der Waals surface area contributed by atoms with E-state index in [1.807, 2.05) is 11.8 Å². The van der Waals surface area contributed by atoms with Gasteiger partial charge >= 0.3 is 0 Å². The molecule has 25 heavy (non-hydrogen) atoms. The van der Waals surface area contributed by atoms with Crippen molar-refractivity contribution in [2.75, 3.05) is 6.54 Å². The predicted octanol–water partition coefficient (Wildman–Crippen LogP) is 4.03. The summed E-state index contributed by atoms with van der Waals surface area (Å²) in [5, 5.41) is 10.3. The molecule has 134 valence electrons. The molecule has 2 heterocycles. The normalized spacial score (nSPS) is 19.8. The van der Waals surface area contributed by atoms with Gasteiger partial charge in [-0.15, -0.1) is 0 Å². The van der Waals surface area contributed by atoms with Crippen LogP contribution >= 0.6 is 0 Å². The fourth-order valence-electron chi connectivity index (χ4n) is 3.63. The van der Waals surface area contributed by atoms with E-state index in [0.29, 0.717) is 24.3 Å². The molecule has 1 N–H and O–H groups in total. The van der Waals surface area contributed by atoms with Crippen LogP contribution in [0.3, 0.4) is 0 Å². The number of aliphatic hydroxyl groups excluding tert-OH is 1. The van der Waals surface area contributed by atoms with E-state index in [1.54, 1.807) is 30.3 Å². The first-order valence-electron chi connectivity index (χ1n) is 8.81. The van der Waals surface area contributed by atoms with Crippen LogP contribution in [-0.4, -0.2) is 28.5 Å². The highest BCUT2D eigenvalue weighted by molar-refractivity contribution is 5.77. The molecule has 3 unspecified atom stereocenters. The van der Waals surface area contributed by atoms with Crippen molar-refractivity contribution in [2.24, 2.45) is 0 Å². The van der Waals surface area contributed by atoms with E-state index in [-0.39, 0.29) is 30.1 Å². The first-order valence-corrected chi connectivity index (χ1v) is 8.81. The fourth-order valence-corrected chi connectivity index (χ4v) is 3.63. The Labute approximate surface area is 147 Å². The van der Waals surface area contributed by atoms with Gasteiger partial charge in [-0.05, 0) is 42.5 Å². The Morgan fingerprint density at radius 3 is 2.88 bits per heavy atom. The molecule has 1 aliphatic rings. The smallest absolute Gasteiger partial charge is 0.223 e. The number of furan rings is 1. The Balaban J connectivity index is 1.61. The van der Waals surface area contributed by atoms with Crippen molar-refractivity contribution >= 4 is 5.91 Å². The van der Waals surface area contributed by atoms with Crippen molar-refractivity contribution in [2.45, 2.75) is 50.7 Å². The Morgan fingerprint density at radius 1 is 1.36 bits per heavy atom. The molecule has 0 bridgehead atoms. The van der Waals surface area contributed by atoms with Gasteiger partial charge in [0.2, 0.25) is 5.91 Å². The summed E-state index contributed by atoms with van der Waals surface area (Å²) < 4.78 is 19.1. The molecule has 4 nitrogen and oxygen atoms in total. The lowest BCUT2D eigenvalue weighted by Crippen LogP contribution is -2.37. The quantitative estimate of drug-likeness (QED) is 0.860. The summed E-state index contributed by atoms with van der Waals surface area (Å²) in [7, 11) is 0. The van der Waals surface area contributed by atoms with Gasteiger partial charge < -0.3 is 14.4 Å². The Bertz CT molecular complexity index is 701. The third-order valence-electron chi connectivity index (χ3n) is 4.98. The molecule has 0 saturated carbocycles. The molecule has 3 rings (SSSR count). The number of halogens is 1. The van der Waals surface area contributed by atoms with Gasteiger partial charge in [-0.25, -0.2) is 4.39 Å². The molecule has 0 radical (unpaired) electrons. The Hall–Kier alpha value is -2.14. The molecule has 1 saturated heterocycles. The number of nitrogens with zero attached hydrogens (tertiary/aromatic N) is 1. The van der Waals surface area contributed by atoms with Crippen molar-refractivity contribution in [3.63, 3.8) is 0 Å². The number of aliphatic hydroxyl groups is 1. The standard InChI is InChI=1S/C20H24FNO3/c1-14(16-7-2-3-8-17(16)21)12-20(24)22-10-4-6-15(22)13-18(23)19-9-5-11-25-19/h2-3,5,7-9,11,14-15,18,23H,4,6,10,12-13H2,1H3. The van der Waals surface area contributed by atoms with Crippen LogP contribution in [0, 0.1) is 5.82 Å². The van der Waals surface area contributed by atoms with Crippen LogP contribution in [-0.2, 0) is 4.79 Å². The first-order chi connectivity index (χ1) is 12.1. The second-order valence-electron chi connectivity index (χ2n) is 6.78. The lowest BCUT2D eigenvalue weighted by Gasteiger charge is -2.27. The summed E-state index contributed by atoms with van der Waals surface area (Å²) in [4.78, 5) is 14.6. The zero-order valence-corrected chi connectivity index (χ0v) is 14.4. The summed E-state index contributed by atoms with van der Waals surface area (Å²) in [6.45, 7) is 2.57. The SMILES string of the molecule is CC(CC(=O)N1CCCC1CC(O)c1ccco1)c1ccccc1F. The van der Waals surface area contributed by atoms with Gasteiger partial charge in [0.15, 0.2) is 0 Å². The number of carbonyl (C=O) groups excluding carboxylic acids is 1. The highest BCUT2D eigenvalue weighted by atomic mass is 19.1. The molecule has 1 aromatic carbocycles. The van der Waals surface area contributed by atoms with Gasteiger partial charge in [-0.3, -0.25) is 4.79 Å². The Morgan fingerprint density at radius 2 is 2.16 bits per heavy atom. The van der Waals surface area contributed by atoms with Gasteiger partial charge in [0.25, 0.3) is 0 Å². The molecular formula is C20H24FNO3. The third-order valence-corrected chi connectivity index (χ3v) is 4.98. The van der Waals surface area contributed by atoms with Gasteiger partial charge in [-0.2, -0.15) is 0 Å². The maximum Gasteiger partial charge on any atom is 0.223 e. The van der Waals surface area contributed by atoms with E-state index in [1.165, 1.54) is 12.3 Å². The minimum absolute atomic E-state index is 0.000389. The maximum absolute atomic E-state index is 13.9. The molecule has 1 amide bonds. The van der Waals surface area contributed by atoms with Crippen LogP contribution in [0.1, 0.15) is 56.0 Å². The molecule has 1 fully saturated rings. The van der Waals surface area contributed by atoms with Gasteiger partial charge in [0, 0.05) is 25.4 Å². The Kier molecular flexibility index (Phi) is 5.53. The second kappa shape index (κ2) is 7.83. The van der Waals surface area contributed by atoms with Gasteiger partial charge in [-0.1, -0.05) is 25.1 Å². The lowest BCUT2D eigenvalue weighted by atomic mass is 9.96. The van der Waals surface area contributed by atoms with Crippen molar-refractivity contribution in [1.82, 2.24) is 4.90 Å². The zero-order valence-electron chi connectivity index (χ0n) is 14.4. The van der Waals surface area contributed by atoms with Crippen LogP contribution in [0.15, 0.2) is 47.1 Å². The zero-order chi connectivity index (χ0) is 17.8. The minimum Gasteiger partial charge on any atom is -0.467 e. The summed E-state index contributed by atoms with van der Waals surface area (Å²) in [5.74, 6) is 0.0999. The minimum atomic E-state index is -0.711. The molecule has 0 spiro atoms. The third kappa shape index (κ3) is 4.10. The summed E-state index contributed by atoms with van der Waals surface area (Å²) in [6, 6.07) is 10.1. The number of carbonyl (C=O) groups is 1. The molecule has 3 atom stereocenters. The number of likely N-dealkylation sites (tertiary alicyclic amines) is 1. The first kappa shape index (κ1) is 17.7. The van der Waals surface area contributed by atoms with Crippen LogP contribution in [0.5, 0.6) is 0 Å². The second-order valence-corrected chi connectivity index (χ2v) is 6.78. The largest absolute Gasteiger partial charge is 0.467 e. The van der Waals surface area contributed by atoms with E-state index in [0.717, 1.165) is 12.8 Å². The highest BCUT2D eigenvalue weighted by Crippen LogP contribution is 2.30. The van der Waals surface area contributed by atoms with Crippen molar-refractivity contribution in [3.8, 4) is 0 Å². The number of hydrogen-bond donors (Lipinski definition) is 1. The maximum atomic E-state index is 13.9. The molecule has 1 aliphatic heterocycles. The molecule has 0 aliphatic carbocycles. The monoisotopic (exact) mass is 345 g/mol. The number of benzene rings is 1. The van der Waals surface area contributed by atoms with Gasteiger partial charge in [0.1, 0.15) is 17.7 Å². The molecule has 2 aromatic rings. The van der Waals surface area contributed by atoms with Crippen LogP contribution in [0.2, 0.25) is 0 Å². The van der Waals surface area contributed by atoms with Crippen LogP contribution in [0.4, 0.5) is 4.39 Å². The number of rotatable bonds is 6. The van der Waals surface area contributed by atoms with E-state index >= 15 is 0 Å². The van der Waals surface area contributed by atoms with E-state index in [2.05, 4.69) is 0 Å². The molecule has 5 heteroatoms. The van der Waals surface area contributed by atoms with Gasteiger partial charge in [0.05, 0.1) is 6.26 Å². The van der Waals surface area contributed by atoms with Crippen molar-refractivity contribution < 1.29 is 18.7 Å². The average Bonchev–Trinajstić information content (AvgIpc) is 3.26. The van der Waals surface area contributed by atoms with Crippen LogP contribution < -0.4 is 0 Å². The average molecular weight is 345 g/mol. The topological polar surface area (TPSA) is 53.7 Å². The molecular weight excluding hydrogens is 321 g/mol. The van der Waals surface area contributed by atoms with E-state index in [4.69, 9.17) is 4.42 Å². The number of hydrogen-bond acceptors (Lipinski definition) is 3. The van der Waals surface area contributed by atoms with Crippen LogP contribution in [0.25, 0.3) is 0 Å². The van der Waals surface area contributed by atoms with E-state index in [9.17, 15) is 14.3 Å². The van der Waals surface area contributed by atoms with Crippen molar-refractivity contribution in [3.05, 3.63) is 59.8 Å². The molecule has 1 aromatic heterocycles. The van der Waals surface area contributed by atoms with Crippen molar-refractivity contribution in [1.29, 1.82) is 0 Å². The predicted molar refractivity (Wildman–Crippen MR) is 92.5 cm³/mol. The fraction of sp³-hybridized carbons (Fsp3) is 0.450. The summed E-state index contributed by atoms with van der Waals surface area (Å²) in [5.41, 5.74) is 0.571. The van der Waals surface area contributed by atoms with E-state index < -0.39 is 6.10 Å².